The molecule has 0 saturated carbocycles. The first kappa shape index (κ1) is 14.9. The Kier molecular flexibility index (Phi) is 7.09. The van der Waals surface area contributed by atoms with Gasteiger partial charge in [0.15, 0.2) is 0 Å². The molecule has 2 N–H and O–H groups in total. The topological polar surface area (TPSA) is 41.5 Å². The Morgan fingerprint density at radius 3 is 2.59 bits per heavy atom. The summed E-state index contributed by atoms with van der Waals surface area (Å²) in [5, 5.41) is 13.2. The van der Waals surface area contributed by atoms with Crippen LogP contribution in [0.5, 0.6) is 0 Å². The van der Waals surface area contributed by atoms with Crippen LogP contribution in [0, 0.1) is 5.41 Å². The molecule has 1 heterocycles. The molecule has 0 spiro atoms. The van der Waals surface area contributed by atoms with Crippen LogP contribution >= 0.6 is 0 Å². The van der Waals surface area contributed by atoms with Crippen molar-refractivity contribution in [1.29, 1.82) is 0 Å². The SMILES string of the molecule is CCCCCC(C)NCC1(CO)CCOCC1. The fourth-order valence-electron chi connectivity index (χ4n) is 2.39. The predicted molar refractivity (Wildman–Crippen MR) is 71.2 cm³/mol. The summed E-state index contributed by atoms with van der Waals surface area (Å²) >= 11 is 0. The van der Waals surface area contributed by atoms with E-state index in [1.807, 2.05) is 0 Å². The maximum absolute atomic E-state index is 9.57. The molecule has 1 unspecified atom stereocenters. The number of ether oxygens (including phenoxy) is 1. The number of nitrogens with one attached hydrogen (secondary N) is 1. The van der Waals surface area contributed by atoms with Gasteiger partial charge in [-0.15, -0.1) is 0 Å². The van der Waals surface area contributed by atoms with Gasteiger partial charge in [-0.3, -0.25) is 0 Å². The number of rotatable bonds is 8. The molecule has 0 amide bonds. The van der Waals surface area contributed by atoms with Crippen LogP contribution in [0.2, 0.25) is 0 Å². The average molecular weight is 243 g/mol. The predicted octanol–water partition coefficient (Wildman–Crippen LogP) is 2.33. The average Bonchev–Trinajstić information content (AvgIpc) is 2.38. The highest BCUT2D eigenvalue weighted by atomic mass is 16.5. The van der Waals surface area contributed by atoms with Crippen molar-refractivity contribution in [2.24, 2.45) is 5.41 Å². The molecular weight excluding hydrogens is 214 g/mol. The molecule has 3 nitrogen and oxygen atoms in total. The highest BCUT2D eigenvalue weighted by molar-refractivity contribution is 4.84. The second-order valence-corrected chi connectivity index (χ2v) is 5.55. The summed E-state index contributed by atoms with van der Waals surface area (Å²) in [6.07, 6.45) is 7.12. The largest absolute Gasteiger partial charge is 0.396 e. The quantitative estimate of drug-likeness (QED) is 0.643. The first-order valence-electron chi connectivity index (χ1n) is 7.14. The summed E-state index contributed by atoms with van der Waals surface area (Å²) < 4.78 is 5.37. The highest BCUT2D eigenvalue weighted by Crippen LogP contribution is 2.29. The Hall–Kier alpha value is -0.120. The minimum Gasteiger partial charge on any atom is -0.396 e. The lowest BCUT2D eigenvalue weighted by Crippen LogP contribution is -2.44. The first-order valence-corrected chi connectivity index (χ1v) is 7.14. The monoisotopic (exact) mass is 243 g/mol. The number of aliphatic hydroxyl groups is 1. The summed E-state index contributed by atoms with van der Waals surface area (Å²) in [6, 6.07) is 0.563. The van der Waals surface area contributed by atoms with E-state index in [0.717, 1.165) is 32.6 Å². The van der Waals surface area contributed by atoms with Crippen LogP contribution < -0.4 is 5.32 Å². The zero-order valence-electron chi connectivity index (χ0n) is 11.5. The van der Waals surface area contributed by atoms with Crippen molar-refractivity contribution in [3.8, 4) is 0 Å². The van der Waals surface area contributed by atoms with Gasteiger partial charge in [0.25, 0.3) is 0 Å². The van der Waals surface area contributed by atoms with E-state index in [4.69, 9.17) is 4.74 Å². The summed E-state index contributed by atoms with van der Waals surface area (Å²) in [6.45, 7) is 7.30. The summed E-state index contributed by atoms with van der Waals surface area (Å²) in [5.41, 5.74) is 0.0667. The van der Waals surface area contributed by atoms with Crippen molar-refractivity contribution >= 4 is 0 Å². The van der Waals surface area contributed by atoms with E-state index in [2.05, 4.69) is 19.2 Å². The molecule has 102 valence electrons. The molecule has 1 aliphatic rings. The van der Waals surface area contributed by atoms with Gasteiger partial charge in [0, 0.05) is 31.2 Å². The maximum atomic E-state index is 9.57. The first-order chi connectivity index (χ1) is 8.22. The number of hydrogen-bond acceptors (Lipinski definition) is 3. The molecule has 0 bridgehead atoms. The Morgan fingerprint density at radius 1 is 1.29 bits per heavy atom. The van der Waals surface area contributed by atoms with Gasteiger partial charge in [0.2, 0.25) is 0 Å². The standard InChI is InChI=1S/C14H29NO2/c1-3-4-5-6-13(2)15-11-14(12-16)7-9-17-10-8-14/h13,15-16H,3-12H2,1-2H3. The van der Waals surface area contributed by atoms with E-state index in [0.29, 0.717) is 6.04 Å². The van der Waals surface area contributed by atoms with Crippen LogP contribution in [-0.4, -0.2) is 37.5 Å². The second-order valence-electron chi connectivity index (χ2n) is 5.55. The van der Waals surface area contributed by atoms with Crippen molar-refractivity contribution in [2.45, 2.75) is 58.4 Å². The van der Waals surface area contributed by atoms with Gasteiger partial charge in [-0.1, -0.05) is 26.2 Å². The van der Waals surface area contributed by atoms with Gasteiger partial charge in [0.1, 0.15) is 0 Å². The smallest absolute Gasteiger partial charge is 0.0501 e. The molecule has 0 radical (unpaired) electrons. The summed E-state index contributed by atoms with van der Waals surface area (Å²) in [4.78, 5) is 0. The third-order valence-electron chi connectivity index (χ3n) is 3.96. The molecule has 1 atom stereocenters. The lowest BCUT2D eigenvalue weighted by atomic mass is 9.81. The summed E-state index contributed by atoms with van der Waals surface area (Å²) in [7, 11) is 0. The highest BCUT2D eigenvalue weighted by Gasteiger charge is 2.31. The van der Waals surface area contributed by atoms with Crippen molar-refractivity contribution in [2.75, 3.05) is 26.4 Å². The van der Waals surface area contributed by atoms with E-state index in [-0.39, 0.29) is 12.0 Å². The number of unbranched alkanes of at least 4 members (excludes halogenated alkanes) is 2. The fraction of sp³-hybridized carbons (Fsp3) is 1.00. The molecule has 0 aromatic heterocycles. The second kappa shape index (κ2) is 8.06. The molecule has 1 aliphatic heterocycles. The molecule has 0 aromatic carbocycles. The van der Waals surface area contributed by atoms with Crippen LogP contribution in [-0.2, 0) is 4.74 Å². The third kappa shape index (κ3) is 5.36. The van der Waals surface area contributed by atoms with Crippen LogP contribution in [0.4, 0.5) is 0 Å². The molecule has 0 aromatic rings. The zero-order valence-corrected chi connectivity index (χ0v) is 11.5. The van der Waals surface area contributed by atoms with Crippen LogP contribution in [0.3, 0.4) is 0 Å². The van der Waals surface area contributed by atoms with Crippen LogP contribution in [0.1, 0.15) is 52.4 Å². The third-order valence-corrected chi connectivity index (χ3v) is 3.96. The number of aliphatic hydroxyl groups excluding tert-OH is 1. The minimum absolute atomic E-state index is 0.0667. The van der Waals surface area contributed by atoms with Gasteiger partial charge in [-0.05, 0) is 26.2 Å². The molecule has 1 rings (SSSR count). The zero-order chi connectivity index (χ0) is 12.6. The maximum Gasteiger partial charge on any atom is 0.0501 e. The van der Waals surface area contributed by atoms with E-state index < -0.39 is 0 Å². The van der Waals surface area contributed by atoms with E-state index in [9.17, 15) is 5.11 Å². The Bertz CT molecular complexity index is 191. The van der Waals surface area contributed by atoms with E-state index in [1.54, 1.807) is 0 Å². The van der Waals surface area contributed by atoms with Crippen molar-refractivity contribution in [1.82, 2.24) is 5.32 Å². The lowest BCUT2D eigenvalue weighted by Gasteiger charge is -2.36. The molecule has 3 heteroatoms. The Balaban J connectivity index is 2.21. The lowest BCUT2D eigenvalue weighted by molar-refractivity contribution is -0.0164. The fourth-order valence-corrected chi connectivity index (χ4v) is 2.39. The van der Waals surface area contributed by atoms with Crippen LogP contribution in [0.15, 0.2) is 0 Å². The van der Waals surface area contributed by atoms with Crippen LogP contribution in [0.25, 0.3) is 0 Å². The van der Waals surface area contributed by atoms with Gasteiger partial charge in [-0.25, -0.2) is 0 Å². The van der Waals surface area contributed by atoms with Gasteiger partial charge >= 0.3 is 0 Å². The molecular formula is C14H29NO2. The molecule has 17 heavy (non-hydrogen) atoms. The molecule has 0 aliphatic carbocycles. The Morgan fingerprint density at radius 2 is 2.00 bits per heavy atom. The van der Waals surface area contributed by atoms with Crippen molar-refractivity contribution < 1.29 is 9.84 Å². The summed E-state index contributed by atoms with van der Waals surface area (Å²) in [5.74, 6) is 0. The van der Waals surface area contributed by atoms with Gasteiger partial charge < -0.3 is 15.2 Å². The van der Waals surface area contributed by atoms with Gasteiger partial charge in [-0.2, -0.15) is 0 Å². The van der Waals surface area contributed by atoms with Crippen molar-refractivity contribution in [3.05, 3.63) is 0 Å². The Labute approximate surface area is 106 Å². The molecule has 1 fully saturated rings. The number of hydrogen-bond donors (Lipinski definition) is 2. The van der Waals surface area contributed by atoms with E-state index >= 15 is 0 Å². The molecule has 1 saturated heterocycles. The minimum atomic E-state index is 0.0667. The van der Waals surface area contributed by atoms with Crippen molar-refractivity contribution in [3.63, 3.8) is 0 Å². The van der Waals surface area contributed by atoms with Gasteiger partial charge in [0.05, 0.1) is 6.61 Å². The van der Waals surface area contributed by atoms with E-state index in [1.165, 1.54) is 25.7 Å². The normalized spacial score (nSPS) is 21.4.